The van der Waals surface area contributed by atoms with Crippen molar-refractivity contribution in [2.75, 3.05) is 11.9 Å². The molecule has 1 aromatic carbocycles. The minimum atomic E-state index is -0.0748. The Kier molecular flexibility index (Phi) is 4.62. The number of aryl methyl sites for hydroxylation is 2. The first kappa shape index (κ1) is 15.1. The summed E-state index contributed by atoms with van der Waals surface area (Å²) in [5.41, 5.74) is 4.63. The van der Waals surface area contributed by atoms with Crippen molar-refractivity contribution in [2.24, 2.45) is 7.05 Å². The lowest BCUT2D eigenvalue weighted by Gasteiger charge is -2.11. The number of aromatic nitrogens is 2. The van der Waals surface area contributed by atoms with Crippen LogP contribution in [0.1, 0.15) is 34.2 Å². The van der Waals surface area contributed by atoms with Gasteiger partial charge in [-0.25, -0.2) is 0 Å². The van der Waals surface area contributed by atoms with Crippen molar-refractivity contribution in [3.05, 3.63) is 46.8 Å². The van der Waals surface area contributed by atoms with Gasteiger partial charge in [0.2, 0.25) is 0 Å². The molecule has 0 radical (unpaired) electrons. The number of benzene rings is 1. The topological polar surface area (TPSA) is 59.0 Å². The number of nitrogens with zero attached hydrogens (tertiary/aromatic N) is 2. The van der Waals surface area contributed by atoms with Crippen LogP contribution in [0.4, 0.5) is 5.69 Å². The van der Waals surface area contributed by atoms with Gasteiger partial charge in [-0.1, -0.05) is 12.1 Å². The van der Waals surface area contributed by atoms with Crippen LogP contribution in [0.25, 0.3) is 0 Å². The molecule has 5 heteroatoms. The van der Waals surface area contributed by atoms with E-state index in [1.54, 1.807) is 0 Å². The van der Waals surface area contributed by atoms with Gasteiger partial charge in [-0.3, -0.25) is 9.48 Å². The average Bonchev–Trinajstić information content (AvgIpc) is 2.71. The number of para-hydroxylation sites is 1. The number of anilines is 1. The Morgan fingerprint density at radius 2 is 2.00 bits per heavy atom. The maximum atomic E-state index is 12.4. The molecule has 0 saturated carbocycles. The SMILES string of the molecule is CCNc1ccccc1C(=O)NCc1c(C)nn(C)c1C. The predicted octanol–water partition coefficient (Wildman–Crippen LogP) is 2.40. The lowest BCUT2D eigenvalue weighted by Crippen LogP contribution is -2.24. The van der Waals surface area contributed by atoms with Crippen LogP contribution in [0.2, 0.25) is 0 Å². The molecule has 0 unspecified atom stereocenters. The monoisotopic (exact) mass is 286 g/mol. The summed E-state index contributed by atoms with van der Waals surface area (Å²) in [5.74, 6) is -0.0748. The first-order chi connectivity index (χ1) is 10.0. The highest BCUT2D eigenvalue weighted by Crippen LogP contribution is 2.16. The van der Waals surface area contributed by atoms with Gasteiger partial charge in [-0.15, -0.1) is 0 Å². The Hall–Kier alpha value is -2.30. The largest absolute Gasteiger partial charge is 0.385 e. The molecule has 0 saturated heterocycles. The Balaban J connectivity index is 2.12. The average molecular weight is 286 g/mol. The molecule has 1 amide bonds. The molecule has 1 heterocycles. The predicted molar refractivity (Wildman–Crippen MR) is 84.5 cm³/mol. The van der Waals surface area contributed by atoms with E-state index in [1.165, 1.54) is 0 Å². The third kappa shape index (κ3) is 3.24. The fourth-order valence-corrected chi connectivity index (χ4v) is 2.36. The number of hydrogen-bond acceptors (Lipinski definition) is 3. The van der Waals surface area contributed by atoms with Crippen molar-refractivity contribution >= 4 is 11.6 Å². The van der Waals surface area contributed by atoms with Crippen molar-refractivity contribution < 1.29 is 4.79 Å². The van der Waals surface area contributed by atoms with Crippen molar-refractivity contribution in [1.82, 2.24) is 15.1 Å². The lowest BCUT2D eigenvalue weighted by molar-refractivity contribution is 0.0951. The lowest BCUT2D eigenvalue weighted by atomic mass is 10.1. The van der Waals surface area contributed by atoms with Crippen LogP contribution in [0.3, 0.4) is 0 Å². The highest BCUT2D eigenvalue weighted by Gasteiger charge is 2.13. The molecule has 1 aromatic heterocycles. The quantitative estimate of drug-likeness (QED) is 0.887. The van der Waals surface area contributed by atoms with E-state index < -0.39 is 0 Å². The summed E-state index contributed by atoms with van der Waals surface area (Å²) >= 11 is 0. The summed E-state index contributed by atoms with van der Waals surface area (Å²) in [4.78, 5) is 12.4. The van der Waals surface area contributed by atoms with Gasteiger partial charge in [0.25, 0.3) is 5.91 Å². The third-order valence-corrected chi connectivity index (χ3v) is 3.62. The van der Waals surface area contributed by atoms with E-state index in [4.69, 9.17) is 0 Å². The second-order valence-corrected chi connectivity index (χ2v) is 5.03. The fourth-order valence-electron chi connectivity index (χ4n) is 2.36. The smallest absolute Gasteiger partial charge is 0.253 e. The summed E-state index contributed by atoms with van der Waals surface area (Å²) in [6.07, 6.45) is 0. The molecular weight excluding hydrogens is 264 g/mol. The third-order valence-electron chi connectivity index (χ3n) is 3.62. The maximum absolute atomic E-state index is 12.4. The van der Waals surface area contributed by atoms with E-state index in [9.17, 15) is 4.79 Å². The zero-order valence-corrected chi connectivity index (χ0v) is 13.0. The molecule has 0 aliphatic carbocycles. The first-order valence-corrected chi connectivity index (χ1v) is 7.14. The minimum absolute atomic E-state index is 0.0748. The van der Waals surface area contributed by atoms with E-state index in [0.29, 0.717) is 12.1 Å². The molecule has 112 valence electrons. The zero-order valence-electron chi connectivity index (χ0n) is 13.0. The van der Waals surface area contributed by atoms with Crippen molar-refractivity contribution in [3.63, 3.8) is 0 Å². The van der Waals surface area contributed by atoms with Gasteiger partial charge in [0.1, 0.15) is 0 Å². The van der Waals surface area contributed by atoms with Crippen LogP contribution < -0.4 is 10.6 Å². The van der Waals surface area contributed by atoms with Gasteiger partial charge >= 0.3 is 0 Å². The Morgan fingerprint density at radius 3 is 2.62 bits per heavy atom. The van der Waals surface area contributed by atoms with E-state index in [2.05, 4.69) is 15.7 Å². The molecule has 5 nitrogen and oxygen atoms in total. The van der Waals surface area contributed by atoms with Crippen LogP contribution in [0, 0.1) is 13.8 Å². The van der Waals surface area contributed by atoms with Crippen molar-refractivity contribution in [2.45, 2.75) is 27.3 Å². The zero-order chi connectivity index (χ0) is 15.4. The highest BCUT2D eigenvalue weighted by molar-refractivity contribution is 5.99. The molecule has 2 N–H and O–H groups in total. The van der Waals surface area contributed by atoms with Crippen LogP contribution in [-0.4, -0.2) is 22.2 Å². The summed E-state index contributed by atoms with van der Waals surface area (Å²) in [6, 6.07) is 7.54. The number of carbonyl (C=O) groups is 1. The number of carbonyl (C=O) groups excluding carboxylic acids is 1. The number of amides is 1. The molecule has 0 fully saturated rings. The normalized spacial score (nSPS) is 10.5. The Bertz CT molecular complexity index is 646. The Morgan fingerprint density at radius 1 is 1.29 bits per heavy atom. The summed E-state index contributed by atoms with van der Waals surface area (Å²) in [7, 11) is 1.91. The molecule has 0 aliphatic rings. The van der Waals surface area contributed by atoms with Gasteiger partial charge in [0.15, 0.2) is 0 Å². The van der Waals surface area contributed by atoms with Crippen LogP contribution in [-0.2, 0) is 13.6 Å². The van der Waals surface area contributed by atoms with Gasteiger partial charge in [-0.2, -0.15) is 5.10 Å². The first-order valence-electron chi connectivity index (χ1n) is 7.14. The van der Waals surface area contributed by atoms with Gasteiger partial charge in [0.05, 0.1) is 11.3 Å². The van der Waals surface area contributed by atoms with E-state index in [-0.39, 0.29) is 5.91 Å². The summed E-state index contributed by atoms with van der Waals surface area (Å²) in [6.45, 7) is 7.25. The fraction of sp³-hybridized carbons (Fsp3) is 0.375. The van der Waals surface area contributed by atoms with Crippen LogP contribution in [0.15, 0.2) is 24.3 Å². The molecule has 2 aromatic rings. The summed E-state index contributed by atoms with van der Waals surface area (Å²) < 4.78 is 1.84. The molecular formula is C16H22N4O. The van der Waals surface area contributed by atoms with E-state index in [1.807, 2.05) is 56.8 Å². The van der Waals surface area contributed by atoms with E-state index in [0.717, 1.165) is 29.2 Å². The van der Waals surface area contributed by atoms with Crippen LogP contribution in [0.5, 0.6) is 0 Å². The van der Waals surface area contributed by atoms with E-state index >= 15 is 0 Å². The Labute approximate surface area is 125 Å². The molecule has 0 bridgehead atoms. The number of nitrogens with one attached hydrogen (secondary N) is 2. The molecule has 0 atom stereocenters. The standard InChI is InChI=1S/C16H22N4O/c1-5-17-15-9-7-6-8-13(15)16(21)18-10-14-11(2)19-20(4)12(14)3/h6-9,17H,5,10H2,1-4H3,(H,18,21). The molecule has 0 aliphatic heterocycles. The number of hydrogen-bond donors (Lipinski definition) is 2. The second kappa shape index (κ2) is 6.43. The van der Waals surface area contributed by atoms with Gasteiger partial charge in [0, 0.05) is 37.1 Å². The number of rotatable bonds is 5. The van der Waals surface area contributed by atoms with Crippen LogP contribution >= 0.6 is 0 Å². The van der Waals surface area contributed by atoms with Crippen molar-refractivity contribution in [3.8, 4) is 0 Å². The molecule has 21 heavy (non-hydrogen) atoms. The minimum Gasteiger partial charge on any atom is -0.385 e. The van der Waals surface area contributed by atoms with Gasteiger partial charge < -0.3 is 10.6 Å². The van der Waals surface area contributed by atoms with Crippen molar-refractivity contribution in [1.29, 1.82) is 0 Å². The second-order valence-electron chi connectivity index (χ2n) is 5.03. The molecule has 2 rings (SSSR count). The molecule has 0 spiro atoms. The highest BCUT2D eigenvalue weighted by atomic mass is 16.1. The van der Waals surface area contributed by atoms with Gasteiger partial charge in [-0.05, 0) is 32.9 Å². The summed E-state index contributed by atoms with van der Waals surface area (Å²) in [5, 5.41) is 10.5. The maximum Gasteiger partial charge on any atom is 0.253 e.